The van der Waals surface area contributed by atoms with E-state index in [9.17, 15) is 4.79 Å². The molecule has 10 heteroatoms. The number of amides is 1. The maximum atomic E-state index is 13.0. The molecule has 0 bridgehead atoms. The number of ether oxygens (including phenoxy) is 1. The summed E-state index contributed by atoms with van der Waals surface area (Å²) in [4.78, 5) is 22.3. The quantitative estimate of drug-likeness (QED) is 0.368. The van der Waals surface area contributed by atoms with Crippen LogP contribution in [0.5, 0.6) is 0 Å². The van der Waals surface area contributed by atoms with Crippen molar-refractivity contribution in [2.45, 2.75) is 72.2 Å². The van der Waals surface area contributed by atoms with Gasteiger partial charge in [-0.2, -0.15) is 5.10 Å². The topological polar surface area (TPSA) is 98.9 Å². The molecule has 2 N–H and O–H groups in total. The van der Waals surface area contributed by atoms with Crippen LogP contribution in [-0.2, 0) is 18.0 Å². The summed E-state index contributed by atoms with van der Waals surface area (Å²) in [5, 5.41) is 10.5. The SMILES string of the molecule is CCn1cc(Nc2cnc3c(n2)c(C(=O)NC(C)(C)C)cn3COCC[Si](C)(C)C)cn1. The average molecular weight is 458 g/mol. The van der Waals surface area contributed by atoms with Gasteiger partial charge in [0.25, 0.3) is 5.91 Å². The highest BCUT2D eigenvalue weighted by Gasteiger charge is 2.22. The van der Waals surface area contributed by atoms with E-state index in [1.54, 1.807) is 18.6 Å². The molecular formula is C22H35N7O2Si. The van der Waals surface area contributed by atoms with E-state index in [1.165, 1.54) is 0 Å². The van der Waals surface area contributed by atoms with E-state index in [0.717, 1.165) is 18.3 Å². The summed E-state index contributed by atoms with van der Waals surface area (Å²) < 4.78 is 9.58. The lowest BCUT2D eigenvalue weighted by atomic mass is 10.1. The largest absolute Gasteiger partial charge is 0.361 e. The lowest BCUT2D eigenvalue weighted by Gasteiger charge is -2.20. The molecule has 0 spiro atoms. The van der Waals surface area contributed by atoms with Crippen molar-refractivity contribution in [3.05, 3.63) is 30.4 Å². The van der Waals surface area contributed by atoms with Gasteiger partial charge in [-0.15, -0.1) is 0 Å². The minimum Gasteiger partial charge on any atom is -0.361 e. The highest BCUT2D eigenvalue weighted by atomic mass is 28.3. The zero-order chi connectivity index (χ0) is 23.5. The van der Waals surface area contributed by atoms with Crippen molar-refractivity contribution in [3.8, 4) is 0 Å². The Kier molecular flexibility index (Phi) is 7.04. The van der Waals surface area contributed by atoms with Gasteiger partial charge in [0.2, 0.25) is 0 Å². The number of anilines is 2. The van der Waals surface area contributed by atoms with Crippen molar-refractivity contribution in [3.63, 3.8) is 0 Å². The van der Waals surface area contributed by atoms with Gasteiger partial charge in [0.15, 0.2) is 5.65 Å². The van der Waals surface area contributed by atoms with E-state index in [2.05, 4.69) is 40.4 Å². The zero-order valence-corrected chi connectivity index (χ0v) is 21.2. The van der Waals surface area contributed by atoms with Crippen LogP contribution in [0.4, 0.5) is 11.5 Å². The normalized spacial score (nSPS) is 12.3. The molecular weight excluding hydrogens is 422 g/mol. The zero-order valence-electron chi connectivity index (χ0n) is 20.2. The number of carbonyl (C=O) groups is 1. The Hall–Kier alpha value is -2.72. The molecule has 0 aliphatic carbocycles. The second-order valence-electron chi connectivity index (χ2n) is 10.2. The average Bonchev–Trinajstić information content (AvgIpc) is 3.27. The van der Waals surface area contributed by atoms with Crippen molar-refractivity contribution in [1.29, 1.82) is 0 Å². The first-order valence-corrected chi connectivity index (χ1v) is 14.7. The monoisotopic (exact) mass is 457 g/mol. The number of carbonyl (C=O) groups excluding carboxylic acids is 1. The predicted molar refractivity (Wildman–Crippen MR) is 130 cm³/mol. The second-order valence-corrected chi connectivity index (χ2v) is 15.8. The Labute approximate surface area is 190 Å². The van der Waals surface area contributed by atoms with E-state index < -0.39 is 8.07 Å². The summed E-state index contributed by atoms with van der Waals surface area (Å²) in [5.41, 5.74) is 2.08. The minimum absolute atomic E-state index is 0.186. The molecule has 0 fully saturated rings. The highest BCUT2D eigenvalue weighted by Crippen LogP contribution is 2.22. The molecule has 3 aromatic rings. The maximum Gasteiger partial charge on any atom is 0.255 e. The smallest absolute Gasteiger partial charge is 0.255 e. The van der Waals surface area contributed by atoms with Crippen LogP contribution in [0.15, 0.2) is 24.8 Å². The third kappa shape index (κ3) is 6.39. The van der Waals surface area contributed by atoms with Crippen LogP contribution in [0.2, 0.25) is 25.7 Å². The van der Waals surface area contributed by atoms with Crippen molar-refractivity contribution in [2.75, 3.05) is 11.9 Å². The van der Waals surface area contributed by atoms with Crippen LogP contribution in [0.1, 0.15) is 38.1 Å². The van der Waals surface area contributed by atoms with Gasteiger partial charge in [-0.1, -0.05) is 19.6 Å². The number of hydrogen-bond acceptors (Lipinski definition) is 6. The van der Waals surface area contributed by atoms with Crippen molar-refractivity contribution in [1.82, 2.24) is 29.6 Å². The van der Waals surface area contributed by atoms with E-state index >= 15 is 0 Å². The van der Waals surface area contributed by atoms with Gasteiger partial charge in [0, 0.05) is 39.2 Å². The Bertz CT molecular complexity index is 1080. The van der Waals surface area contributed by atoms with Crippen LogP contribution >= 0.6 is 0 Å². The van der Waals surface area contributed by atoms with Crippen LogP contribution in [0.3, 0.4) is 0 Å². The van der Waals surface area contributed by atoms with Crippen LogP contribution in [-0.4, -0.2) is 50.4 Å². The molecule has 3 heterocycles. The van der Waals surface area contributed by atoms with Crippen molar-refractivity contribution < 1.29 is 9.53 Å². The van der Waals surface area contributed by atoms with Crippen LogP contribution in [0.25, 0.3) is 11.2 Å². The Morgan fingerprint density at radius 1 is 1.19 bits per heavy atom. The van der Waals surface area contributed by atoms with Gasteiger partial charge in [-0.25, -0.2) is 9.97 Å². The molecule has 0 aliphatic rings. The molecule has 0 saturated heterocycles. The Morgan fingerprint density at radius 2 is 1.94 bits per heavy atom. The molecule has 0 radical (unpaired) electrons. The number of rotatable bonds is 9. The van der Waals surface area contributed by atoms with Gasteiger partial charge in [-0.05, 0) is 33.7 Å². The van der Waals surface area contributed by atoms with E-state index in [4.69, 9.17) is 9.72 Å². The Balaban J connectivity index is 1.89. The molecule has 174 valence electrons. The van der Waals surface area contributed by atoms with E-state index in [1.807, 2.05) is 43.1 Å². The minimum atomic E-state index is -1.18. The summed E-state index contributed by atoms with van der Waals surface area (Å²) in [5.74, 6) is 0.365. The number of aryl methyl sites for hydroxylation is 1. The molecule has 0 saturated carbocycles. The molecule has 0 unspecified atom stereocenters. The number of nitrogens with one attached hydrogen (secondary N) is 2. The Morgan fingerprint density at radius 3 is 2.56 bits per heavy atom. The first kappa shape index (κ1) is 23.9. The number of hydrogen-bond donors (Lipinski definition) is 2. The van der Waals surface area contributed by atoms with Gasteiger partial charge < -0.3 is 19.9 Å². The van der Waals surface area contributed by atoms with Crippen molar-refractivity contribution >= 4 is 36.7 Å². The van der Waals surface area contributed by atoms with Crippen molar-refractivity contribution in [2.24, 2.45) is 0 Å². The second kappa shape index (κ2) is 9.41. The number of aromatic nitrogens is 5. The molecule has 32 heavy (non-hydrogen) atoms. The molecule has 0 aromatic carbocycles. The van der Waals surface area contributed by atoms with E-state index in [-0.39, 0.29) is 11.4 Å². The first-order valence-electron chi connectivity index (χ1n) is 11.0. The summed E-state index contributed by atoms with van der Waals surface area (Å²) in [6, 6.07) is 1.08. The fourth-order valence-electron chi connectivity index (χ4n) is 3.07. The first-order chi connectivity index (χ1) is 14.9. The fourth-order valence-corrected chi connectivity index (χ4v) is 3.83. The third-order valence-electron chi connectivity index (χ3n) is 4.75. The fraction of sp³-hybridized carbons (Fsp3) is 0.545. The standard InChI is InChI=1S/C22H35N7O2Si/c1-8-29-13-16(11-24-29)25-18-12-23-20-19(26-18)17(21(30)27-22(2,3)4)14-28(20)15-31-9-10-32(5,6)7/h11-14H,8-10,15H2,1-7H3,(H,25,26)(H,27,30). The highest BCUT2D eigenvalue weighted by molar-refractivity contribution is 6.76. The van der Waals surface area contributed by atoms with Gasteiger partial charge in [-0.3, -0.25) is 9.48 Å². The summed E-state index contributed by atoms with van der Waals surface area (Å²) in [6.45, 7) is 16.6. The summed E-state index contributed by atoms with van der Waals surface area (Å²) in [6.07, 6.45) is 7.07. The molecule has 3 rings (SSSR count). The summed E-state index contributed by atoms with van der Waals surface area (Å²) in [7, 11) is -1.18. The van der Waals surface area contributed by atoms with Gasteiger partial charge in [0.1, 0.15) is 18.1 Å². The van der Waals surface area contributed by atoms with E-state index in [0.29, 0.717) is 35.9 Å². The van der Waals surface area contributed by atoms with Gasteiger partial charge in [0.05, 0.1) is 23.6 Å². The van der Waals surface area contributed by atoms with Crippen LogP contribution in [0, 0.1) is 0 Å². The predicted octanol–water partition coefficient (Wildman–Crippen LogP) is 4.23. The van der Waals surface area contributed by atoms with Gasteiger partial charge >= 0.3 is 0 Å². The third-order valence-corrected chi connectivity index (χ3v) is 6.46. The lowest BCUT2D eigenvalue weighted by Crippen LogP contribution is -2.40. The number of nitrogens with zero attached hydrogens (tertiary/aromatic N) is 5. The summed E-state index contributed by atoms with van der Waals surface area (Å²) >= 11 is 0. The molecule has 0 atom stereocenters. The lowest BCUT2D eigenvalue weighted by molar-refractivity contribution is 0.0886. The molecule has 3 aromatic heterocycles. The molecule has 1 amide bonds. The number of fused-ring (bicyclic) bond motifs is 1. The molecule has 0 aliphatic heterocycles. The van der Waals surface area contributed by atoms with Crippen LogP contribution < -0.4 is 10.6 Å². The molecule has 9 nitrogen and oxygen atoms in total. The maximum absolute atomic E-state index is 13.0.